The lowest BCUT2D eigenvalue weighted by atomic mass is 10.0. The molecule has 0 aliphatic carbocycles. The van der Waals surface area contributed by atoms with Gasteiger partial charge in [0.15, 0.2) is 0 Å². The molecule has 0 saturated heterocycles. The van der Waals surface area contributed by atoms with E-state index < -0.39 is 5.97 Å². The minimum Gasteiger partial charge on any atom is -0.465 e. The Hall–Kier alpha value is -3.22. The van der Waals surface area contributed by atoms with Gasteiger partial charge in [-0.05, 0) is 18.1 Å². The molecule has 7 nitrogen and oxygen atoms in total. The van der Waals surface area contributed by atoms with Gasteiger partial charge in [0.2, 0.25) is 5.89 Å². The molecule has 0 bridgehead atoms. The van der Waals surface area contributed by atoms with E-state index in [2.05, 4.69) is 10.2 Å². The molecule has 0 saturated carbocycles. The third-order valence-corrected chi connectivity index (χ3v) is 4.08. The summed E-state index contributed by atoms with van der Waals surface area (Å²) in [7, 11) is 2.83. The minimum atomic E-state index is -0.543. The van der Waals surface area contributed by atoms with Crippen LogP contribution in [-0.4, -0.2) is 27.8 Å². The average Bonchev–Trinajstić information content (AvgIpc) is 3.14. The molecule has 0 amide bonds. The summed E-state index contributed by atoms with van der Waals surface area (Å²) >= 11 is 0. The van der Waals surface area contributed by atoms with Crippen LogP contribution in [-0.2, 0) is 18.2 Å². The molecule has 1 atom stereocenters. The van der Waals surface area contributed by atoms with Crippen molar-refractivity contribution in [2.24, 2.45) is 7.05 Å². The van der Waals surface area contributed by atoms with Gasteiger partial charge in [-0.2, -0.15) is 0 Å². The Bertz CT molecular complexity index is 976. The fourth-order valence-electron chi connectivity index (χ4n) is 2.69. The molecule has 7 heteroatoms. The molecule has 2 aromatic heterocycles. The van der Waals surface area contributed by atoms with E-state index in [4.69, 9.17) is 9.15 Å². The van der Waals surface area contributed by atoms with E-state index in [-0.39, 0.29) is 28.5 Å². The zero-order valence-electron chi connectivity index (χ0n) is 14.8. The summed E-state index contributed by atoms with van der Waals surface area (Å²) in [5.74, 6) is -0.0223. The van der Waals surface area contributed by atoms with Gasteiger partial charge in [0.25, 0.3) is 11.4 Å². The second-order valence-corrected chi connectivity index (χ2v) is 6.09. The van der Waals surface area contributed by atoms with Gasteiger partial charge in [0.05, 0.1) is 12.7 Å². The molecular weight excluding hydrogens is 334 g/mol. The van der Waals surface area contributed by atoms with Crippen LogP contribution in [0.1, 0.15) is 34.7 Å². The number of hydrogen-bond acceptors (Lipinski definition) is 6. The number of ether oxygens (including phenoxy) is 1. The van der Waals surface area contributed by atoms with Crippen molar-refractivity contribution < 1.29 is 13.9 Å². The Morgan fingerprint density at radius 2 is 2.00 bits per heavy atom. The molecule has 134 valence electrons. The summed E-state index contributed by atoms with van der Waals surface area (Å²) in [5, 5.41) is 8.07. The van der Waals surface area contributed by atoms with E-state index in [1.54, 1.807) is 7.05 Å². The fraction of sp³-hybridized carbons (Fsp3) is 0.263. The van der Waals surface area contributed by atoms with Crippen LogP contribution in [0.25, 0.3) is 11.5 Å². The molecule has 3 rings (SSSR count). The quantitative estimate of drug-likeness (QED) is 0.655. The summed E-state index contributed by atoms with van der Waals surface area (Å²) in [5.41, 5.74) is 1.23. The van der Waals surface area contributed by atoms with Crippen LogP contribution in [0.3, 0.4) is 0 Å². The number of carbonyl (C=O) groups excluding carboxylic acids is 1. The number of methoxy groups -OCH3 is 1. The number of nitrogens with zero attached hydrogens (tertiary/aromatic N) is 3. The summed E-state index contributed by atoms with van der Waals surface area (Å²) in [6.45, 7) is 1.98. The van der Waals surface area contributed by atoms with Crippen molar-refractivity contribution in [2.45, 2.75) is 19.3 Å². The highest BCUT2D eigenvalue weighted by atomic mass is 16.5. The molecule has 0 radical (unpaired) electrons. The average molecular weight is 353 g/mol. The van der Waals surface area contributed by atoms with Gasteiger partial charge >= 0.3 is 5.97 Å². The number of aryl methyl sites for hydroxylation is 1. The number of hydrogen-bond donors (Lipinski definition) is 0. The summed E-state index contributed by atoms with van der Waals surface area (Å²) in [6, 6.07) is 11.4. The summed E-state index contributed by atoms with van der Waals surface area (Å²) < 4.78 is 11.7. The number of esters is 1. The van der Waals surface area contributed by atoms with E-state index in [9.17, 15) is 9.59 Å². The number of rotatable bonds is 5. The van der Waals surface area contributed by atoms with E-state index in [0.29, 0.717) is 5.89 Å². The first-order valence-corrected chi connectivity index (χ1v) is 8.16. The first kappa shape index (κ1) is 17.6. The van der Waals surface area contributed by atoms with Gasteiger partial charge in [0.1, 0.15) is 5.56 Å². The van der Waals surface area contributed by atoms with Crippen LogP contribution in [0.2, 0.25) is 0 Å². The Balaban J connectivity index is 1.91. The van der Waals surface area contributed by atoms with Gasteiger partial charge < -0.3 is 13.7 Å². The standard InChI is InChI=1S/C19H19N3O4/c1-12(9-13-7-5-4-6-8-13)16-20-21-17(26-16)15-10-14(19(24)25-3)11-22(2)18(15)23/h4-8,10-12H,9H2,1-3H3. The van der Waals surface area contributed by atoms with Crippen molar-refractivity contribution in [3.8, 4) is 11.5 Å². The lowest BCUT2D eigenvalue weighted by molar-refractivity contribution is 0.0599. The van der Waals surface area contributed by atoms with Crippen LogP contribution in [0.15, 0.2) is 51.8 Å². The zero-order valence-corrected chi connectivity index (χ0v) is 14.8. The molecule has 0 aliphatic rings. The predicted octanol–water partition coefficient (Wildman–Crippen LogP) is 2.57. The molecular formula is C19H19N3O4. The molecule has 0 fully saturated rings. The van der Waals surface area contributed by atoms with E-state index in [1.807, 2.05) is 37.3 Å². The summed E-state index contributed by atoms with van der Waals surface area (Å²) in [6.07, 6.45) is 2.15. The van der Waals surface area contributed by atoms with Crippen LogP contribution >= 0.6 is 0 Å². The smallest absolute Gasteiger partial charge is 0.339 e. The van der Waals surface area contributed by atoms with Gasteiger partial charge in [-0.3, -0.25) is 4.79 Å². The van der Waals surface area contributed by atoms with Crippen molar-refractivity contribution in [1.82, 2.24) is 14.8 Å². The highest BCUT2D eigenvalue weighted by Crippen LogP contribution is 2.23. The third kappa shape index (κ3) is 3.56. The number of aromatic nitrogens is 3. The molecule has 3 aromatic rings. The Morgan fingerprint density at radius 1 is 1.27 bits per heavy atom. The monoisotopic (exact) mass is 353 g/mol. The van der Waals surface area contributed by atoms with Gasteiger partial charge in [-0.15, -0.1) is 10.2 Å². The minimum absolute atomic E-state index is 0.00806. The molecule has 0 aliphatic heterocycles. The zero-order chi connectivity index (χ0) is 18.7. The van der Waals surface area contributed by atoms with E-state index in [0.717, 1.165) is 12.0 Å². The molecule has 1 aromatic carbocycles. The van der Waals surface area contributed by atoms with E-state index in [1.165, 1.54) is 23.9 Å². The molecule has 26 heavy (non-hydrogen) atoms. The van der Waals surface area contributed by atoms with Crippen molar-refractivity contribution in [1.29, 1.82) is 0 Å². The first-order valence-electron chi connectivity index (χ1n) is 8.16. The van der Waals surface area contributed by atoms with E-state index >= 15 is 0 Å². The highest BCUT2D eigenvalue weighted by molar-refractivity contribution is 5.90. The maximum absolute atomic E-state index is 12.4. The second-order valence-electron chi connectivity index (χ2n) is 6.09. The maximum atomic E-state index is 12.4. The van der Waals surface area contributed by atoms with Gasteiger partial charge in [-0.25, -0.2) is 4.79 Å². The first-order chi connectivity index (χ1) is 12.5. The Morgan fingerprint density at radius 3 is 2.69 bits per heavy atom. The van der Waals surface area contributed by atoms with Gasteiger partial charge in [0, 0.05) is 19.2 Å². The normalized spacial score (nSPS) is 12.0. The van der Waals surface area contributed by atoms with Crippen LogP contribution in [0.5, 0.6) is 0 Å². The number of benzene rings is 1. The van der Waals surface area contributed by atoms with Crippen molar-refractivity contribution >= 4 is 5.97 Å². The SMILES string of the molecule is COC(=O)c1cc(-c2nnc(C(C)Cc3ccccc3)o2)c(=O)n(C)c1. The van der Waals surface area contributed by atoms with Crippen molar-refractivity contribution in [3.05, 3.63) is 70.0 Å². The highest BCUT2D eigenvalue weighted by Gasteiger charge is 2.20. The largest absolute Gasteiger partial charge is 0.465 e. The van der Waals surface area contributed by atoms with Crippen molar-refractivity contribution in [2.75, 3.05) is 7.11 Å². The second kappa shape index (κ2) is 7.35. The Kier molecular flexibility index (Phi) is 4.97. The van der Waals surface area contributed by atoms with Gasteiger partial charge in [-0.1, -0.05) is 37.3 Å². The third-order valence-electron chi connectivity index (χ3n) is 4.08. The van der Waals surface area contributed by atoms with Crippen molar-refractivity contribution in [3.63, 3.8) is 0 Å². The topological polar surface area (TPSA) is 87.2 Å². The lowest BCUT2D eigenvalue weighted by Gasteiger charge is -2.07. The van der Waals surface area contributed by atoms with Crippen LogP contribution in [0.4, 0.5) is 0 Å². The predicted molar refractivity (Wildman–Crippen MR) is 94.9 cm³/mol. The molecule has 1 unspecified atom stereocenters. The molecule has 2 heterocycles. The molecule has 0 spiro atoms. The summed E-state index contributed by atoms with van der Waals surface area (Å²) in [4.78, 5) is 24.2. The Labute approximate surface area is 150 Å². The molecule has 0 N–H and O–H groups in total. The van der Waals surface area contributed by atoms with Crippen LogP contribution in [0, 0.1) is 0 Å². The van der Waals surface area contributed by atoms with Crippen LogP contribution < -0.4 is 5.56 Å². The lowest BCUT2D eigenvalue weighted by Crippen LogP contribution is -2.20. The number of carbonyl (C=O) groups is 1. The maximum Gasteiger partial charge on any atom is 0.339 e. The number of pyridine rings is 1. The fourth-order valence-corrected chi connectivity index (χ4v) is 2.69.